The van der Waals surface area contributed by atoms with Crippen LogP contribution < -0.4 is 10.1 Å². The summed E-state index contributed by atoms with van der Waals surface area (Å²) in [5.41, 5.74) is 0.232. The van der Waals surface area contributed by atoms with Gasteiger partial charge in [-0.15, -0.1) is 12.4 Å². The van der Waals surface area contributed by atoms with Crippen molar-refractivity contribution in [2.24, 2.45) is 0 Å². The smallest absolute Gasteiger partial charge is 0.170 e. The molecule has 2 aliphatic rings. The van der Waals surface area contributed by atoms with Gasteiger partial charge in [0.15, 0.2) is 5.78 Å². The zero-order chi connectivity index (χ0) is 11.9. The van der Waals surface area contributed by atoms with Crippen LogP contribution in [0.15, 0.2) is 18.2 Å². The zero-order valence-corrected chi connectivity index (χ0v) is 10.8. The second-order valence-corrected chi connectivity index (χ2v) is 4.82. The number of carbonyl (C=O) groups is 1. The number of carbonyl (C=O) groups excluding carboxylic acids is 1. The van der Waals surface area contributed by atoms with Crippen molar-refractivity contribution in [1.29, 1.82) is 0 Å². The van der Waals surface area contributed by atoms with Gasteiger partial charge in [0.2, 0.25) is 0 Å². The average Bonchev–Trinajstić information content (AvgIpc) is 2.29. The van der Waals surface area contributed by atoms with E-state index in [0.29, 0.717) is 17.7 Å². The fraction of sp³-hybridized carbons (Fsp3) is 0.462. The fourth-order valence-electron chi connectivity index (χ4n) is 2.64. The highest BCUT2D eigenvalue weighted by Crippen LogP contribution is 2.39. The van der Waals surface area contributed by atoms with Gasteiger partial charge < -0.3 is 15.2 Å². The molecule has 1 spiro atoms. The molecule has 0 aliphatic carbocycles. The van der Waals surface area contributed by atoms with E-state index in [1.165, 1.54) is 12.1 Å². The first-order valence-electron chi connectivity index (χ1n) is 5.95. The Balaban J connectivity index is 0.00000120. The largest absolute Gasteiger partial charge is 0.508 e. The molecular weight excluding hydrogens is 254 g/mol. The summed E-state index contributed by atoms with van der Waals surface area (Å²) in [6, 6.07) is 4.71. The third-order valence-electron chi connectivity index (χ3n) is 3.59. The van der Waals surface area contributed by atoms with Crippen LogP contribution in [0.25, 0.3) is 0 Å². The Hall–Kier alpha value is -1.26. The number of aromatic hydroxyl groups is 1. The Bertz CT molecular complexity index is 469. The van der Waals surface area contributed by atoms with Crippen LogP contribution in [0.3, 0.4) is 0 Å². The molecule has 18 heavy (non-hydrogen) atoms. The Labute approximate surface area is 112 Å². The number of phenolic OH excluding ortho intramolecular Hbond substituents is 1. The molecule has 2 aliphatic heterocycles. The van der Waals surface area contributed by atoms with E-state index in [2.05, 4.69) is 5.32 Å². The van der Waals surface area contributed by atoms with Crippen LogP contribution in [0.4, 0.5) is 0 Å². The van der Waals surface area contributed by atoms with Crippen LogP contribution in [-0.2, 0) is 0 Å². The summed E-state index contributed by atoms with van der Waals surface area (Å²) in [6.07, 6.45) is 2.13. The van der Waals surface area contributed by atoms with Gasteiger partial charge >= 0.3 is 0 Å². The SMILES string of the molecule is Cl.O=C1CC2(CCNCC2)Oc2cc(O)ccc21. The Morgan fingerprint density at radius 3 is 2.72 bits per heavy atom. The zero-order valence-electron chi connectivity index (χ0n) is 9.94. The predicted molar refractivity (Wildman–Crippen MR) is 69.8 cm³/mol. The number of piperidine rings is 1. The number of fused-ring (bicyclic) bond motifs is 1. The summed E-state index contributed by atoms with van der Waals surface area (Å²) in [5.74, 6) is 0.791. The minimum Gasteiger partial charge on any atom is -0.508 e. The summed E-state index contributed by atoms with van der Waals surface area (Å²) in [7, 11) is 0. The molecule has 98 valence electrons. The quantitative estimate of drug-likeness (QED) is 0.755. The number of rotatable bonds is 0. The maximum atomic E-state index is 12.1. The summed E-state index contributed by atoms with van der Waals surface area (Å²) in [6.45, 7) is 1.75. The molecule has 0 bridgehead atoms. The predicted octanol–water partition coefficient (Wildman–Crippen LogP) is 1.90. The molecule has 4 nitrogen and oxygen atoms in total. The molecule has 0 aromatic heterocycles. The van der Waals surface area contributed by atoms with Crippen LogP contribution in [0, 0.1) is 0 Å². The summed E-state index contributed by atoms with van der Waals surface area (Å²) in [4.78, 5) is 12.1. The number of Topliss-reactive ketones (excluding diaryl/α,β-unsaturated/α-hetero) is 1. The molecule has 1 saturated heterocycles. The van der Waals surface area contributed by atoms with E-state index in [1.54, 1.807) is 6.07 Å². The normalized spacial score (nSPS) is 20.8. The Morgan fingerprint density at radius 2 is 2.00 bits per heavy atom. The number of hydrogen-bond acceptors (Lipinski definition) is 4. The van der Waals surface area contributed by atoms with Crippen LogP contribution in [0.1, 0.15) is 29.6 Å². The second kappa shape index (κ2) is 4.78. The third-order valence-corrected chi connectivity index (χ3v) is 3.59. The van der Waals surface area contributed by atoms with Crippen molar-refractivity contribution >= 4 is 18.2 Å². The lowest BCUT2D eigenvalue weighted by atomic mass is 9.83. The van der Waals surface area contributed by atoms with E-state index < -0.39 is 0 Å². The molecule has 5 heteroatoms. The van der Waals surface area contributed by atoms with Gasteiger partial charge in [0, 0.05) is 18.9 Å². The summed E-state index contributed by atoms with van der Waals surface area (Å²) >= 11 is 0. The Morgan fingerprint density at radius 1 is 1.28 bits per heavy atom. The first-order valence-corrected chi connectivity index (χ1v) is 5.95. The van der Waals surface area contributed by atoms with E-state index in [9.17, 15) is 9.90 Å². The molecule has 0 saturated carbocycles. The number of benzene rings is 1. The highest BCUT2D eigenvalue weighted by molar-refractivity contribution is 6.00. The molecule has 0 atom stereocenters. The number of ketones is 1. The van der Waals surface area contributed by atoms with Gasteiger partial charge in [-0.25, -0.2) is 0 Å². The molecule has 2 heterocycles. The van der Waals surface area contributed by atoms with Crippen LogP contribution in [0.2, 0.25) is 0 Å². The van der Waals surface area contributed by atoms with E-state index in [-0.39, 0.29) is 29.5 Å². The second-order valence-electron chi connectivity index (χ2n) is 4.82. The number of nitrogens with one attached hydrogen (secondary N) is 1. The monoisotopic (exact) mass is 269 g/mol. The lowest BCUT2D eigenvalue weighted by Crippen LogP contribution is -2.49. The lowest BCUT2D eigenvalue weighted by molar-refractivity contribution is 0.0186. The third kappa shape index (κ3) is 2.18. The molecule has 0 amide bonds. The molecular formula is C13H16ClNO3. The minimum atomic E-state index is -0.358. The molecule has 0 radical (unpaired) electrons. The van der Waals surface area contributed by atoms with Gasteiger partial charge in [0.05, 0.1) is 12.0 Å². The van der Waals surface area contributed by atoms with Gasteiger partial charge in [-0.1, -0.05) is 0 Å². The highest BCUT2D eigenvalue weighted by atomic mass is 35.5. The number of halogens is 1. The van der Waals surface area contributed by atoms with Crippen molar-refractivity contribution in [2.45, 2.75) is 24.9 Å². The standard InChI is InChI=1S/C13H15NO3.ClH/c15-9-1-2-10-11(16)8-13(17-12(10)7-9)3-5-14-6-4-13;/h1-2,7,14-15H,3-6,8H2;1H. The molecule has 0 unspecified atom stereocenters. The van der Waals surface area contributed by atoms with Crippen LogP contribution in [-0.4, -0.2) is 29.6 Å². The van der Waals surface area contributed by atoms with Crippen LogP contribution in [0.5, 0.6) is 11.5 Å². The van der Waals surface area contributed by atoms with Crippen molar-refractivity contribution in [1.82, 2.24) is 5.32 Å². The van der Waals surface area contributed by atoms with Crippen molar-refractivity contribution in [3.63, 3.8) is 0 Å². The van der Waals surface area contributed by atoms with Crippen molar-refractivity contribution in [3.8, 4) is 11.5 Å². The highest BCUT2D eigenvalue weighted by Gasteiger charge is 2.41. The average molecular weight is 270 g/mol. The first-order chi connectivity index (χ1) is 8.19. The topological polar surface area (TPSA) is 58.6 Å². The first kappa shape index (κ1) is 13.2. The van der Waals surface area contributed by atoms with Gasteiger partial charge in [0.1, 0.15) is 17.1 Å². The van der Waals surface area contributed by atoms with Crippen LogP contribution >= 0.6 is 12.4 Å². The molecule has 2 N–H and O–H groups in total. The molecule has 3 rings (SSSR count). The molecule has 1 aromatic carbocycles. The van der Waals surface area contributed by atoms with E-state index in [4.69, 9.17) is 4.74 Å². The molecule has 1 fully saturated rings. The van der Waals surface area contributed by atoms with Crippen molar-refractivity contribution < 1.29 is 14.6 Å². The minimum absolute atomic E-state index is 0. The van der Waals surface area contributed by atoms with Crippen molar-refractivity contribution in [3.05, 3.63) is 23.8 Å². The number of hydrogen-bond donors (Lipinski definition) is 2. The summed E-state index contributed by atoms with van der Waals surface area (Å²) < 4.78 is 5.99. The van der Waals surface area contributed by atoms with Crippen molar-refractivity contribution in [2.75, 3.05) is 13.1 Å². The lowest BCUT2D eigenvalue weighted by Gasteiger charge is -2.40. The van der Waals surface area contributed by atoms with Gasteiger partial charge in [0.25, 0.3) is 0 Å². The van der Waals surface area contributed by atoms with E-state index >= 15 is 0 Å². The fourth-order valence-corrected chi connectivity index (χ4v) is 2.64. The van der Waals surface area contributed by atoms with Gasteiger partial charge in [-0.2, -0.15) is 0 Å². The maximum absolute atomic E-state index is 12.1. The number of ether oxygens (including phenoxy) is 1. The van der Waals surface area contributed by atoms with Gasteiger partial charge in [-0.05, 0) is 25.2 Å². The number of phenols is 1. The Kier molecular flexibility index (Phi) is 3.50. The molecule has 1 aromatic rings. The van der Waals surface area contributed by atoms with Gasteiger partial charge in [-0.3, -0.25) is 4.79 Å². The maximum Gasteiger partial charge on any atom is 0.170 e. The van der Waals surface area contributed by atoms with E-state index in [0.717, 1.165) is 25.9 Å². The van der Waals surface area contributed by atoms with E-state index in [1.807, 2.05) is 0 Å². The summed E-state index contributed by atoms with van der Waals surface area (Å²) in [5, 5.41) is 12.7.